The lowest BCUT2D eigenvalue weighted by atomic mass is 9.47. The van der Waals surface area contributed by atoms with E-state index >= 15 is 0 Å². The van der Waals surface area contributed by atoms with E-state index in [1.807, 2.05) is 0 Å². The zero-order valence-corrected chi connectivity index (χ0v) is 16.1. The van der Waals surface area contributed by atoms with E-state index in [9.17, 15) is 5.11 Å². The number of hydrogen-bond acceptors (Lipinski definition) is 1. The maximum absolute atomic E-state index is 10.1. The third kappa shape index (κ3) is 2.23. The maximum Gasteiger partial charge on any atom is 0.0577 e. The van der Waals surface area contributed by atoms with Gasteiger partial charge in [-0.15, -0.1) is 0 Å². The number of rotatable bonds is 1. The fourth-order valence-corrected chi connectivity index (χ4v) is 7.59. The molecule has 0 heterocycles. The first kappa shape index (κ1) is 16.9. The fourth-order valence-electron chi connectivity index (χ4n) is 7.59. The van der Waals surface area contributed by atoms with Crippen LogP contribution >= 0.6 is 0 Å². The average Bonchev–Trinajstić information content (AvgIpc) is 2.92. The van der Waals surface area contributed by atoms with E-state index in [2.05, 4.69) is 39.8 Å². The lowest BCUT2D eigenvalue weighted by molar-refractivity contribution is -0.0454. The molecule has 3 fully saturated rings. The Kier molecular flexibility index (Phi) is 4.03. The van der Waals surface area contributed by atoms with Gasteiger partial charge in [-0.05, 0) is 99.7 Å². The van der Waals surface area contributed by atoms with Crippen molar-refractivity contribution in [2.45, 2.75) is 85.2 Å². The van der Waals surface area contributed by atoms with Gasteiger partial charge in [0, 0.05) is 0 Å². The third-order valence-electron chi connectivity index (χ3n) is 9.08. The van der Waals surface area contributed by atoms with Crippen molar-refractivity contribution < 1.29 is 5.11 Å². The van der Waals surface area contributed by atoms with Crippen molar-refractivity contribution in [3.8, 4) is 0 Å². The van der Waals surface area contributed by atoms with Crippen LogP contribution < -0.4 is 0 Å². The topological polar surface area (TPSA) is 20.2 Å². The predicted molar refractivity (Wildman–Crippen MR) is 101 cm³/mol. The summed E-state index contributed by atoms with van der Waals surface area (Å²) >= 11 is 0. The molecule has 24 heavy (non-hydrogen) atoms. The summed E-state index contributed by atoms with van der Waals surface area (Å²) in [6, 6.07) is 0. The number of allylic oxidation sites excluding steroid dienone is 3. The normalized spacial score (nSPS) is 51.5. The first-order chi connectivity index (χ1) is 11.4. The highest BCUT2D eigenvalue weighted by Gasteiger charge is 2.58. The molecule has 1 N–H and O–H groups in total. The molecule has 0 aromatic carbocycles. The third-order valence-corrected chi connectivity index (χ3v) is 9.08. The molecule has 4 aliphatic rings. The smallest absolute Gasteiger partial charge is 0.0577 e. The summed E-state index contributed by atoms with van der Waals surface area (Å²) < 4.78 is 0. The first-order valence-electron chi connectivity index (χ1n) is 10.4. The molecule has 0 amide bonds. The Balaban J connectivity index is 1.65. The Hall–Kier alpha value is -0.560. The van der Waals surface area contributed by atoms with Gasteiger partial charge < -0.3 is 5.11 Å². The number of fused-ring (bicyclic) bond motifs is 5. The molecule has 4 rings (SSSR count). The van der Waals surface area contributed by atoms with Crippen LogP contribution in [0.2, 0.25) is 0 Å². The molecule has 3 saturated carbocycles. The van der Waals surface area contributed by atoms with Gasteiger partial charge in [-0.1, -0.05) is 37.1 Å². The standard InChI is InChI=1S/C23H36O/c1-5-15(2)19-8-9-20-18-7-6-16-14-17(24)10-12-22(16,3)21(18)11-13-23(19,20)4/h5-6,17-21,24H,7-14H2,1-4H3/t17-,18?,19+,20?,21?,22-,23+/m0/s1. The molecule has 0 aromatic heterocycles. The number of hydrogen-bond donors (Lipinski definition) is 1. The van der Waals surface area contributed by atoms with Gasteiger partial charge in [0.2, 0.25) is 0 Å². The summed E-state index contributed by atoms with van der Waals surface area (Å²) in [5.41, 5.74) is 4.16. The van der Waals surface area contributed by atoms with Crippen LogP contribution in [-0.2, 0) is 0 Å². The Bertz CT molecular complexity index is 573. The van der Waals surface area contributed by atoms with E-state index in [0.717, 1.165) is 36.5 Å². The van der Waals surface area contributed by atoms with Gasteiger partial charge in [-0.2, -0.15) is 0 Å². The predicted octanol–water partition coefficient (Wildman–Crippen LogP) is 5.89. The van der Waals surface area contributed by atoms with Gasteiger partial charge in [0.25, 0.3) is 0 Å². The van der Waals surface area contributed by atoms with E-state index in [-0.39, 0.29) is 6.10 Å². The second-order valence-corrected chi connectivity index (χ2v) is 9.86. The van der Waals surface area contributed by atoms with E-state index in [4.69, 9.17) is 0 Å². The van der Waals surface area contributed by atoms with Crippen molar-refractivity contribution in [2.24, 2.45) is 34.5 Å². The van der Waals surface area contributed by atoms with Gasteiger partial charge in [0.05, 0.1) is 6.10 Å². The summed E-state index contributed by atoms with van der Waals surface area (Å²) in [4.78, 5) is 0. The van der Waals surface area contributed by atoms with Crippen LogP contribution in [0, 0.1) is 34.5 Å². The van der Waals surface area contributed by atoms with E-state index in [1.165, 1.54) is 38.5 Å². The maximum atomic E-state index is 10.1. The zero-order valence-electron chi connectivity index (χ0n) is 16.1. The van der Waals surface area contributed by atoms with Crippen molar-refractivity contribution in [3.63, 3.8) is 0 Å². The van der Waals surface area contributed by atoms with Gasteiger partial charge in [0.15, 0.2) is 0 Å². The average molecular weight is 329 g/mol. The highest BCUT2D eigenvalue weighted by atomic mass is 16.3. The van der Waals surface area contributed by atoms with Crippen molar-refractivity contribution in [3.05, 3.63) is 23.3 Å². The van der Waals surface area contributed by atoms with Crippen LogP contribution in [-0.4, -0.2) is 11.2 Å². The lowest BCUT2D eigenvalue weighted by Crippen LogP contribution is -2.50. The molecule has 134 valence electrons. The van der Waals surface area contributed by atoms with Crippen molar-refractivity contribution >= 4 is 0 Å². The molecule has 0 bridgehead atoms. The van der Waals surface area contributed by atoms with E-state index in [1.54, 1.807) is 11.1 Å². The van der Waals surface area contributed by atoms with Gasteiger partial charge >= 0.3 is 0 Å². The first-order valence-corrected chi connectivity index (χ1v) is 10.4. The van der Waals surface area contributed by atoms with Crippen LogP contribution in [0.15, 0.2) is 23.3 Å². The number of aliphatic hydroxyl groups is 1. The molecular weight excluding hydrogens is 292 g/mol. The second-order valence-electron chi connectivity index (χ2n) is 9.86. The summed E-state index contributed by atoms with van der Waals surface area (Å²) in [5, 5.41) is 10.1. The van der Waals surface area contributed by atoms with Gasteiger partial charge in [-0.25, -0.2) is 0 Å². The minimum atomic E-state index is -0.0806. The van der Waals surface area contributed by atoms with Crippen LogP contribution in [0.1, 0.15) is 79.1 Å². The van der Waals surface area contributed by atoms with Gasteiger partial charge in [-0.3, -0.25) is 0 Å². The molecule has 0 aromatic rings. The molecule has 0 aliphatic heterocycles. The second kappa shape index (κ2) is 5.73. The lowest BCUT2D eigenvalue weighted by Gasteiger charge is -2.58. The van der Waals surface area contributed by atoms with Crippen LogP contribution in [0.3, 0.4) is 0 Å². The Morgan fingerprint density at radius 2 is 1.92 bits per heavy atom. The van der Waals surface area contributed by atoms with Crippen molar-refractivity contribution in [1.82, 2.24) is 0 Å². The Morgan fingerprint density at radius 1 is 1.12 bits per heavy atom. The minimum Gasteiger partial charge on any atom is -0.393 e. The fraction of sp³-hybridized carbons (Fsp3) is 0.826. The van der Waals surface area contributed by atoms with E-state index in [0.29, 0.717) is 10.8 Å². The van der Waals surface area contributed by atoms with Crippen LogP contribution in [0.5, 0.6) is 0 Å². The summed E-state index contributed by atoms with van der Waals surface area (Å²) in [5.74, 6) is 3.49. The molecule has 0 radical (unpaired) electrons. The highest BCUT2D eigenvalue weighted by Crippen LogP contribution is 2.67. The monoisotopic (exact) mass is 328 g/mol. The molecule has 7 atom stereocenters. The molecule has 1 nitrogen and oxygen atoms in total. The summed E-state index contributed by atoms with van der Waals surface area (Å²) in [7, 11) is 0. The largest absolute Gasteiger partial charge is 0.393 e. The molecule has 0 saturated heterocycles. The van der Waals surface area contributed by atoms with Crippen LogP contribution in [0.25, 0.3) is 0 Å². The molecule has 0 spiro atoms. The summed E-state index contributed by atoms with van der Waals surface area (Å²) in [6.45, 7) is 9.74. The SMILES string of the molecule is CC=C(C)[C@H]1CCC2C3CC=C4C[C@@H](O)CC[C@]4(C)C3CC[C@@]21C. The van der Waals surface area contributed by atoms with Crippen LogP contribution in [0.4, 0.5) is 0 Å². The molecule has 1 heteroatoms. The quantitative estimate of drug-likeness (QED) is 0.595. The summed E-state index contributed by atoms with van der Waals surface area (Å²) in [6.07, 6.45) is 15.0. The molecule has 4 aliphatic carbocycles. The Morgan fingerprint density at radius 3 is 2.67 bits per heavy atom. The molecular formula is C23H36O. The van der Waals surface area contributed by atoms with Crippen molar-refractivity contribution in [1.29, 1.82) is 0 Å². The molecule has 3 unspecified atom stereocenters. The number of aliphatic hydroxyl groups excluding tert-OH is 1. The highest BCUT2D eigenvalue weighted by molar-refractivity contribution is 5.26. The minimum absolute atomic E-state index is 0.0806. The van der Waals surface area contributed by atoms with E-state index < -0.39 is 0 Å². The zero-order chi connectivity index (χ0) is 17.1. The Labute approximate surface area is 148 Å². The van der Waals surface area contributed by atoms with Gasteiger partial charge in [0.1, 0.15) is 0 Å². The van der Waals surface area contributed by atoms with Crippen molar-refractivity contribution in [2.75, 3.05) is 0 Å².